The minimum Gasteiger partial charge on any atom is -0.352 e. The van der Waals surface area contributed by atoms with Gasteiger partial charge in [-0.05, 0) is 30.9 Å². The lowest BCUT2D eigenvalue weighted by Gasteiger charge is -2.44. The van der Waals surface area contributed by atoms with Gasteiger partial charge >= 0.3 is 0 Å². The summed E-state index contributed by atoms with van der Waals surface area (Å²) in [5, 5.41) is 4.43. The predicted octanol–water partition coefficient (Wildman–Crippen LogP) is 2.27. The van der Waals surface area contributed by atoms with E-state index in [1.54, 1.807) is 13.8 Å². The van der Waals surface area contributed by atoms with Crippen molar-refractivity contribution in [3.05, 3.63) is 36.0 Å². The number of amides is 2. The van der Waals surface area contributed by atoms with Crippen LogP contribution in [0.5, 0.6) is 0 Å². The molecule has 3 heterocycles. The number of aromatic nitrogens is 1. The van der Waals surface area contributed by atoms with E-state index < -0.39 is 0 Å². The van der Waals surface area contributed by atoms with Gasteiger partial charge in [0.1, 0.15) is 0 Å². The van der Waals surface area contributed by atoms with Crippen molar-refractivity contribution >= 4 is 22.7 Å². The van der Waals surface area contributed by atoms with Gasteiger partial charge in [-0.3, -0.25) is 14.5 Å². The third-order valence-corrected chi connectivity index (χ3v) is 6.63. The molecule has 2 aliphatic heterocycles. The zero-order chi connectivity index (χ0) is 19.9. The highest BCUT2D eigenvalue weighted by Gasteiger charge is 2.47. The topological polar surface area (TPSA) is 57.6 Å². The third kappa shape index (κ3) is 3.41. The van der Waals surface area contributed by atoms with Gasteiger partial charge in [-0.25, -0.2) is 0 Å². The smallest absolute Gasteiger partial charge is 0.219 e. The van der Waals surface area contributed by atoms with Crippen LogP contribution in [0.2, 0.25) is 0 Å². The normalized spacial score (nSPS) is 22.1. The largest absolute Gasteiger partial charge is 0.352 e. The van der Waals surface area contributed by atoms with Crippen LogP contribution in [0.15, 0.2) is 30.5 Å². The molecule has 0 aliphatic carbocycles. The van der Waals surface area contributed by atoms with Gasteiger partial charge in [0.15, 0.2) is 0 Å². The Morgan fingerprint density at radius 3 is 2.57 bits per heavy atom. The van der Waals surface area contributed by atoms with Gasteiger partial charge in [-0.2, -0.15) is 0 Å². The van der Waals surface area contributed by atoms with Gasteiger partial charge in [0, 0.05) is 75.8 Å². The average molecular weight is 383 g/mol. The van der Waals surface area contributed by atoms with Crippen molar-refractivity contribution in [2.24, 2.45) is 7.05 Å². The zero-order valence-electron chi connectivity index (χ0n) is 17.1. The molecule has 0 radical (unpaired) electrons. The molecule has 6 nitrogen and oxygen atoms in total. The van der Waals surface area contributed by atoms with Crippen molar-refractivity contribution in [2.75, 3.05) is 19.6 Å². The highest BCUT2D eigenvalue weighted by Crippen LogP contribution is 2.40. The Balaban J connectivity index is 1.60. The Labute approximate surface area is 166 Å². The van der Waals surface area contributed by atoms with E-state index in [0.29, 0.717) is 0 Å². The van der Waals surface area contributed by atoms with Gasteiger partial charge in [-0.1, -0.05) is 18.2 Å². The van der Waals surface area contributed by atoms with Gasteiger partial charge in [0.2, 0.25) is 11.8 Å². The second-order valence-electron chi connectivity index (χ2n) is 8.49. The van der Waals surface area contributed by atoms with E-state index in [0.717, 1.165) is 45.4 Å². The van der Waals surface area contributed by atoms with Crippen LogP contribution < -0.4 is 5.32 Å². The average Bonchev–Trinajstić information content (AvgIpc) is 3.13. The van der Waals surface area contributed by atoms with E-state index in [-0.39, 0.29) is 23.4 Å². The summed E-state index contributed by atoms with van der Waals surface area (Å²) in [5.74, 6) is 0.195. The summed E-state index contributed by atoms with van der Waals surface area (Å²) < 4.78 is 2.19. The number of para-hydroxylation sites is 1. The molecule has 2 amide bonds. The van der Waals surface area contributed by atoms with E-state index in [2.05, 4.69) is 52.3 Å². The molecule has 0 saturated carbocycles. The highest BCUT2D eigenvalue weighted by atomic mass is 16.2. The molecule has 1 atom stereocenters. The van der Waals surface area contributed by atoms with Crippen molar-refractivity contribution in [1.82, 2.24) is 19.7 Å². The van der Waals surface area contributed by atoms with Crippen molar-refractivity contribution in [1.29, 1.82) is 0 Å². The number of carbonyl (C=O) groups excluding carboxylic acids is 2. The summed E-state index contributed by atoms with van der Waals surface area (Å²) >= 11 is 0. The van der Waals surface area contributed by atoms with Crippen LogP contribution in [0.3, 0.4) is 0 Å². The van der Waals surface area contributed by atoms with E-state index in [1.807, 2.05) is 4.90 Å². The fourth-order valence-electron chi connectivity index (χ4n) is 5.24. The maximum atomic E-state index is 11.8. The maximum Gasteiger partial charge on any atom is 0.219 e. The molecule has 2 saturated heterocycles. The van der Waals surface area contributed by atoms with E-state index in [4.69, 9.17) is 0 Å². The number of rotatable bonds is 3. The van der Waals surface area contributed by atoms with Crippen LogP contribution in [0.1, 0.15) is 38.7 Å². The molecule has 1 spiro atoms. The number of hydrogen-bond acceptors (Lipinski definition) is 3. The first-order valence-corrected chi connectivity index (χ1v) is 10.2. The van der Waals surface area contributed by atoms with E-state index in [9.17, 15) is 9.59 Å². The number of piperidine rings is 1. The number of carbonyl (C=O) groups is 2. The first kappa shape index (κ1) is 19.0. The van der Waals surface area contributed by atoms with Crippen molar-refractivity contribution < 1.29 is 9.59 Å². The second-order valence-corrected chi connectivity index (χ2v) is 8.49. The molecule has 2 aromatic rings. The second kappa shape index (κ2) is 7.24. The molecule has 0 unspecified atom stereocenters. The van der Waals surface area contributed by atoms with Gasteiger partial charge in [0.05, 0.1) is 0 Å². The highest BCUT2D eigenvalue weighted by molar-refractivity contribution is 5.83. The van der Waals surface area contributed by atoms with Crippen molar-refractivity contribution in [3.8, 4) is 0 Å². The third-order valence-electron chi connectivity index (χ3n) is 6.63. The number of nitrogens with one attached hydrogen (secondary N) is 1. The number of hydrogen-bond donors (Lipinski definition) is 1. The quantitative estimate of drug-likeness (QED) is 0.886. The number of benzene rings is 1. The van der Waals surface area contributed by atoms with E-state index >= 15 is 0 Å². The molecule has 150 valence electrons. The molecule has 2 aliphatic rings. The predicted molar refractivity (Wildman–Crippen MR) is 110 cm³/mol. The molecule has 6 heteroatoms. The summed E-state index contributed by atoms with van der Waals surface area (Å²) in [6, 6.07) is 8.70. The van der Waals surface area contributed by atoms with Gasteiger partial charge < -0.3 is 14.8 Å². The lowest BCUT2D eigenvalue weighted by Crippen LogP contribution is -2.52. The minimum atomic E-state index is 0.0355. The molecule has 1 aromatic carbocycles. The molecule has 28 heavy (non-hydrogen) atoms. The van der Waals surface area contributed by atoms with Crippen LogP contribution in [-0.4, -0.2) is 57.4 Å². The van der Waals surface area contributed by atoms with Gasteiger partial charge in [0.25, 0.3) is 0 Å². The van der Waals surface area contributed by atoms with Gasteiger partial charge in [-0.15, -0.1) is 0 Å². The van der Waals surface area contributed by atoms with Crippen LogP contribution in [-0.2, 0) is 23.2 Å². The Morgan fingerprint density at radius 2 is 1.89 bits per heavy atom. The first-order chi connectivity index (χ1) is 13.4. The van der Waals surface area contributed by atoms with Crippen LogP contribution in [0, 0.1) is 0 Å². The molecule has 1 N–H and O–H groups in total. The number of likely N-dealkylation sites (tertiary alicyclic amines) is 2. The first-order valence-electron chi connectivity index (χ1n) is 10.2. The molecule has 1 aromatic heterocycles. The molecule has 4 rings (SSSR count). The van der Waals surface area contributed by atoms with Crippen LogP contribution >= 0.6 is 0 Å². The minimum absolute atomic E-state index is 0.0355. The van der Waals surface area contributed by atoms with Crippen LogP contribution in [0.25, 0.3) is 10.9 Å². The number of nitrogens with zero attached hydrogens (tertiary/aromatic N) is 3. The SMILES string of the molecule is CC(=O)N[C@H]1CN(Cc2cn(C)c3ccccc23)C2(CCN(C(C)=O)CC2)C1. The summed E-state index contributed by atoms with van der Waals surface area (Å²) in [4.78, 5) is 28.0. The summed E-state index contributed by atoms with van der Waals surface area (Å²) in [6.45, 7) is 6.59. The lowest BCUT2D eigenvalue weighted by atomic mass is 9.84. The molecular weight excluding hydrogens is 352 g/mol. The summed E-state index contributed by atoms with van der Waals surface area (Å²) in [5.41, 5.74) is 2.63. The summed E-state index contributed by atoms with van der Waals surface area (Å²) in [7, 11) is 2.09. The number of fused-ring (bicyclic) bond motifs is 1. The number of aryl methyl sites for hydroxylation is 1. The fraction of sp³-hybridized carbons (Fsp3) is 0.545. The fourth-order valence-corrected chi connectivity index (χ4v) is 5.24. The molecule has 0 bridgehead atoms. The molecular formula is C22H30N4O2. The monoisotopic (exact) mass is 382 g/mol. The Morgan fingerprint density at radius 1 is 1.18 bits per heavy atom. The van der Waals surface area contributed by atoms with Crippen molar-refractivity contribution in [2.45, 2.75) is 51.2 Å². The Kier molecular flexibility index (Phi) is 4.91. The van der Waals surface area contributed by atoms with Crippen molar-refractivity contribution in [3.63, 3.8) is 0 Å². The standard InChI is InChI=1S/C22H30N4O2/c1-16(27)23-19-12-22(8-10-25(11-9-22)17(2)28)26(15-19)14-18-13-24(3)21-7-5-4-6-20(18)21/h4-7,13,19H,8-12,14-15H2,1-3H3,(H,23,27)/t19-/m1/s1. The Bertz CT molecular complexity index is 895. The van der Waals surface area contributed by atoms with E-state index in [1.165, 1.54) is 16.5 Å². The molecule has 2 fully saturated rings. The lowest BCUT2D eigenvalue weighted by molar-refractivity contribution is -0.131. The maximum absolute atomic E-state index is 11.8. The van der Waals surface area contributed by atoms with Crippen LogP contribution in [0.4, 0.5) is 0 Å². The zero-order valence-corrected chi connectivity index (χ0v) is 17.1. The Hall–Kier alpha value is -2.34. The summed E-state index contributed by atoms with van der Waals surface area (Å²) in [6.07, 6.45) is 5.12.